The molecule has 3 nitrogen and oxygen atoms in total. The van der Waals surface area contributed by atoms with Gasteiger partial charge in [-0.1, -0.05) is 30.3 Å². The number of nitrogens with zero attached hydrogens (tertiary/aromatic N) is 2. The standard InChI is InChI=1S/C14H13N2O/c1-17-13-8-6-11(7-9-13)10-12-4-2-3-5-14(12)16-15/h2-9H,10H2,1H3/q+1. The van der Waals surface area contributed by atoms with E-state index < -0.39 is 0 Å². The summed E-state index contributed by atoms with van der Waals surface area (Å²) in [6, 6.07) is 15.4. The Morgan fingerprint density at radius 1 is 1.06 bits per heavy atom. The molecule has 2 rings (SSSR count). The van der Waals surface area contributed by atoms with Gasteiger partial charge in [0.25, 0.3) is 0 Å². The Bertz CT molecular complexity index is 541. The van der Waals surface area contributed by atoms with Gasteiger partial charge in [0.05, 0.1) is 12.7 Å². The van der Waals surface area contributed by atoms with E-state index in [1.165, 1.54) is 0 Å². The maximum atomic E-state index is 8.88. The summed E-state index contributed by atoms with van der Waals surface area (Å²) in [5, 5.41) is 8.88. The Morgan fingerprint density at radius 3 is 2.41 bits per heavy atom. The van der Waals surface area contributed by atoms with E-state index in [9.17, 15) is 0 Å². The molecule has 2 aromatic carbocycles. The van der Waals surface area contributed by atoms with Crippen LogP contribution >= 0.6 is 0 Å². The summed E-state index contributed by atoms with van der Waals surface area (Å²) >= 11 is 0. The van der Waals surface area contributed by atoms with E-state index in [2.05, 4.69) is 4.98 Å². The smallest absolute Gasteiger partial charge is 0.388 e. The van der Waals surface area contributed by atoms with Crippen molar-refractivity contribution in [2.75, 3.05) is 7.11 Å². The van der Waals surface area contributed by atoms with Crippen molar-refractivity contribution in [1.82, 2.24) is 0 Å². The topological polar surface area (TPSA) is 37.4 Å². The molecule has 0 atom stereocenters. The molecule has 0 unspecified atom stereocenters. The number of ether oxygens (including phenoxy) is 1. The number of diazo groups is 1. The molecule has 0 amide bonds. The number of rotatable bonds is 3. The van der Waals surface area contributed by atoms with Crippen molar-refractivity contribution in [3.05, 3.63) is 64.6 Å². The number of benzene rings is 2. The van der Waals surface area contributed by atoms with E-state index >= 15 is 0 Å². The first-order chi connectivity index (χ1) is 8.33. The van der Waals surface area contributed by atoms with Crippen molar-refractivity contribution < 1.29 is 4.74 Å². The third-order valence-electron chi connectivity index (χ3n) is 2.65. The SMILES string of the molecule is COc1ccc(Cc2ccccc2[N+]#N)cc1. The Balaban J connectivity index is 2.23. The molecule has 0 saturated heterocycles. The summed E-state index contributed by atoms with van der Waals surface area (Å²) in [5.41, 5.74) is 2.77. The molecule has 84 valence electrons. The second kappa shape index (κ2) is 5.13. The van der Waals surface area contributed by atoms with Gasteiger partial charge >= 0.3 is 5.69 Å². The highest BCUT2D eigenvalue weighted by molar-refractivity contribution is 5.53. The monoisotopic (exact) mass is 225 g/mol. The maximum Gasteiger partial charge on any atom is 0.388 e. The van der Waals surface area contributed by atoms with Crippen molar-refractivity contribution >= 4 is 5.69 Å². The molecule has 0 spiro atoms. The van der Waals surface area contributed by atoms with E-state index in [4.69, 9.17) is 10.1 Å². The van der Waals surface area contributed by atoms with Gasteiger partial charge in [0.1, 0.15) is 5.75 Å². The van der Waals surface area contributed by atoms with Gasteiger partial charge in [-0.3, -0.25) is 0 Å². The summed E-state index contributed by atoms with van der Waals surface area (Å²) in [5.74, 6) is 0.842. The fourth-order valence-corrected chi connectivity index (χ4v) is 1.72. The summed E-state index contributed by atoms with van der Waals surface area (Å²) in [4.78, 5) is 3.28. The lowest BCUT2D eigenvalue weighted by Gasteiger charge is -2.02. The Hall–Kier alpha value is -2.34. The van der Waals surface area contributed by atoms with Crippen LogP contribution in [0.5, 0.6) is 5.75 Å². The molecule has 0 heterocycles. The second-order valence-electron chi connectivity index (χ2n) is 3.75. The molecule has 0 bridgehead atoms. The predicted octanol–water partition coefficient (Wildman–Crippen LogP) is 3.77. The average Bonchev–Trinajstić information content (AvgIpc) is 2.40. The molecule has 0 aliphatic rings. The van der Waals surface area contributed by atoms with E-state index in [-0.39, 0.29) is 0 Å². The minimum atomic E-state index is 0.614. The quantitative estimate of drug-likeness (QED) is 0.745. The average molecular weight is 225 g/mol. The minimum absolute atomic E-state index is 0.614. The molecule has 0 N–H and O–H groups in total. The van der Waals surface area contributed by atoms with Gasteiger partial charge in [0.15, 0.2) is 4.98 Å². The molecule has 2 aromatic rings. The minimum Gasteiger partial charge on any atom is -0.497 e. The largest absolute Gasteiger partial charge is 0.497 e. The van der Waals surface area contributed by atoms with Crippen LogP contribution in [0.25, 0.3) is 4.98 Å². The van der Waals surface area contributed by atoms with E-state index in [0.717, 1.165) is 23.3 Å². The molecular formula is C14H13N2O+. The first kappa shape index (κ1) is 11.2. The Labute approximate surface area is 100 Å². The molecule has 0 aromatic heterocycles. The first-order valence-corrected chi connectivity index (χ1v) is 5.39. The van der Waals surface area contributed by atoms with Crippen LogP contribution in [0.4, 0.5) is 5.69 Å². The van der Waals surface area contributed by atoms with Crippen molar-refractivity contribution in [3.8, 4) is 5.75 Å². The molecule has 0 aliphatic carbocycles. The summed E-state index contributed by atoms with van der Waals surface area (Å²) in [6.45, 7) is 0. The zero-order chi connectivity index (χ0) is 12.1. The third-order valence-corrected chi connectivity index (χ3v) is 2.65. The maximum absolute atomic E-state index is 8.88. The van der Waals surface area contributed by atoms with Crippen molar-refractivity contribution in [1.29, 1.82) is 5.39 Å². The lowest BCUT2D eigenvalue weighted by atomic mass is 10.0. The third kappa shape index (κ3) is 2.61. The molecule has 17 heavy (non-hydrogen) atoms. The van der Waals surface area contributed by atoms with Gasteiger partial charge < -0.3 is 4.74 Å². The van der Waals surface area contributed by atoms with Crippen LogP contribution in [0.2, 0.25) is 0 Å². The molecule has 0 aliphatic heterocycles. The van der Waals surface area contributed by atoms with E-state index in [1.807, 2.05) is 42.5 Å². The molecule has 0 saturated carbocycles. The fourth-order valence-electron chi connectivity index (χ4n) is 1.72. The molecule has 0 radical (unpaired) electrons. The van der Waals surface area contributed by atoms with Gasteiger partial charge in [-0.25, -0.2) is 0 Å². The lowest BCUT2D eigenvalue weighted by molar-refractivity contribution is 0.414. The van der Waals surface area contributed by atoms with Gasteiger partial charge in [0.2, 0.25) is 5.39 Å². The Kier molecular flexibility index (Phi) is 3.37. The van der Waals surface area contributed by atoms with Crippen LogP contribution in [0, 0.1) is 5.39 Å². The molecule has 0 fully saturated rings. The molecular weight excluding hydrogens is 212 g/mol. The van der Waals surface area contributed by atoms with Crippen LogP contribution in [0.3, 0.4) is 0 Å². The second-order valence-corrected chi connectivity index (χ2v) is 3.75. The Morgan fingerprint density at radius 2 is 1.76 bits per heavy atom. The predicted molar refractivity (Wildman–Crippen MR) is 67.0 cm³/mol. The number of hydrogen-bond acceptors (Lipinski definition) is 2. The van der Waals surface area contributed by atoms with Crippen molar-refractivity contribution in [2.24, 2.45) is 0 Å². The van der Waals surface area contributed by atoms with Crippen LogP contribution < -0.4 is 4.74 Å². The highest BCUT2D eigenvalue weighted by Gasteiger charge is 2.12. The lowest BCUT2D eigenvalue weighted by Crippen LogP contribution is -1.89. The number of hydrogen-bond donors (Lipinski definition) is 0. The first-order valence-electron chi connectivity index (χ1n) is 5.39. The van der Waals surface area contributed by atoms with Gasteiger partial charge in [-0.15, -0.1) is 0 Å². The highest BCUT2D eigenvalue weighted by Crippen LogP contribution is 2.22. The van der Waals surface area contributed by atoms with Crippen LogP contribution in [0.1, 0.15) is 11.1 Å². The van der Waals surface area contributed by atoms with E-state index in [1.54, 1.807) is 13.2 Å². The zero-order valence-corrected chi connectivity index (χ0v) is 9.63. The summed E-state index contributed by atoms with van der Waals surface area (Å²) in [7, 11) is 1.65. The normalized spacial score (nSPS) is 9.65. The van der Waals surface area contributed by atoms with Crippen LogP contribution in [0.15, 0.2) is 48.5 Å². The summed E-state index contributed by atoms with van der Waals surface area (Å²) < 4.78 is 5.11. The highest BCUT2D eigenvalue weighted by atomic mass is 16.5. The fraction of sp³-hybridized carbons (Fsp3) is 0.143. The van der Waals surface area contributed by atoms with Gasteiger partial charge in [0, 0.05) is 12.5 Å². The van der Waals surface area contributed by atoms with E-state index in [0.29, 0.717) is 5.69 Å². The van der Waals surface area contributed by atoms with Crippen LogP contribution in [-0.4, -0.2) is 7.11 Å². The van der Waals surface area contributed by atoms with Crippen molar-refractivity contribution in [3.63, 3.8) is 0 Å². The zero-order valence-electron chi connectivity index (χ0n) is 9.63. The number of methoxy groups -OCH3 is 1. The molecule has 3 heteroatoms. The van der Waals surface area contributed by atoms with Crippen molar-refractivity contribution in [2.45, 2.75) is 6.42 Å². The van der Waals surface area contributed by atoms with Gasteiger partial charge in [-0.2, -0.15) is 0 Å². The summed E-state index contributed by atoms with van der Waals surface area (Å²) in [6.07, 6.45) is 0.740. The van der Waals surface area contributed by atoms with Gasteiger partial charge in [-0.05, 0) is 17.7 Å². The van der Waals surface area contributed by atoms with Crippen LogP contribution in [-0.2, 0) is 6.42 Å².